The molecular formula is C17H19N3O8. The van der Waals surface area contributed by atoms with Crippen molar-refractivity contribution >= 4 is 23.9 Å². The van der Waals surface area contributed by atoms with Crippen LogP contribution in [-0.4, -0.2) is 85.3 Å². The van der Waals surface area contributed by atoms with E-state index in [4.69, 9.17) is 26.8 Å². The van der Waals surface area contributed by atoms with Crippen LogP contribution in [0.5, 0.6) is 0 Å². The van der Waals surface area contributed by atoms with Gasteiger partial charge in [0.15, 0.2) is 0 Å². The molecule has 28 heavy (non-hydrogen) atoms. The minimum atomic E-state index is -1.22. The number of carboxylic acids is 4. The van der Waals surface area contributed by atoms with E-state index in [1.54, 1.807) is 0 Å². The van der Waals surface area contributed by atoms with Crippen LogP contribution in [0.25, 0.3) is 0 Å². The zero-order valence-electron chi connectivity index (χ0n) is 14.7. The van der Waals surface area contributed by atoms with Crippen molar-refractivity contribution in [2.75, 3.05) is 26.2 Å². The Bertz CT molecular complexity index is 714. The van der Waals surface area contributed by atoms with Crippen molar-refractivity contribution in [2.24, 2.45) is 0 Å². The summed E-state index contributed by atoms with van der Waals surface area (Å²) in [5, 5.41) is 35.6. The Balaban J connectivity index is 3.09. The lowest BCUT2D eigenvalue weighted by molar-refractivity contribution is -0.144. The summed E-state index contributed by atoms with van der Waals surface area (Å²) >= 11 is 0. The smallest absolute Gasteiger partial charge is 0.317 e. The second-order valence-corrected chi connectivity index (χ2v) is 5.85. The molecule has 0 spiro atoms. The second-order valence-electron chi connectivity index (χ2n) is 5.85. The van der Waals surface area contributed by atoms with Gasteiger partial charge >= 0.3 is 23.9 Å². The standard InChI is InChI=1S/C17H19N3O8/c1-2-11-3-12(5-19(7-14(21)22)8-15(23)24)18-13(4-11)6-20(9-16(25)26)10-17(27)28/h1,3-4H,5-10H2,(H,21,22)(H,23,24)(H,25,26)(H,27,28). The maximum absolute atomic E-state index is 10.9. The van der Waals surface area contributed by atoms with Crippen LogP contribution in [0.4, 0.5) is 0 Å². The summed E-state index contributed by atoms with van der Waals surface area (Å²) in [6.07, 6.45) is 5.39. The van der Waals surface area contributed by atoms with Gasteiger partial charge < -0.3 is 20.4 Å². The Labute approximate surface area is 159 Å². The predicted molar refractivity (Wildman–Crippen MR) is 93.3 cm³/mol. The highest BCUT2D eigenvalue weighted by atomic mass is 16.4. The molecule has 11 nitrogen and oxygen atoms in total. The molecule has 0 saturated carbocycles. The van der Waals surface area contributed by atoms with Gasteiger partial charge in [-0.2, -0.15) is 0 Å². The number of nitrogens with zero attached hydrogens (tertiary/aromatic N) is 3. The van der Waals surface area contributed by atoms with Gasteiger partial charge in [0.2, 0.25) is 0 Å². The lowest BCUT2D eigenvalue weighted by atomic mass is 10.1. The van der Waals surface area contributed by atoms with Crippen LogP contribution in [-0.2, 0) is 32.3 Å². The van der Waals surface area contributed by atoms with Crippen molar-refractivity contribution in [3.05, 3.63) is 29.1 Å². The zero-order valence-corrected chi connectivity index (χ0v) is 14.7. The second kappa shape index (κ2) is 10.6. The van der Waals surface area contributed by atoms with Crippen molar-refractivity contribution in [2.45, 2.75) is 13.1 Å². The van der Waals surface area contributed by atoms with Gasteiger partial charge in [-0.25, -0.2) is 0 Å². The summed E-state index contributed by atoms with van der Waals surface area (Å²) in [5.41, 5.74) is 0.910. The monoisotopic (exact) mass is 393 g/mol. The lowest BCUT2D eigenvalue weighted by Crippen LogP contribution is -2.35. The maximum atomic E-state index is 10.9. The van der Waals surface area contributed by atoms with Crippen LogP contribution in [0.2, 0.25) is 0 Å². The molecule has 0 amide bonds. The Morgan fingerprint density at radius 3 is 1.36 bits per heavy atom. The van der Waals surface area contributed by atoms with Crippen LogP contribution in [0, 0.1) is 12.3 Å². The molecule has 11 heteroatoms. The average molecular weight is 393 g/mol. The summed E-state index contributed by atoms with van der Waals surface area (Å²) in [7, 11) is 0. The number of aromatic nitrogens is 1. The van der Waals surface area contributed by atoms with Crippen molar-refractivity contribution in [1.82, 2.24) is 14.8 Å². The van der Waals surface area contributed by atoms with E-state index in [1.165, 1.54) is 12.1 Å². The maximum Gasteiger partial charge on any atom is 0.317 e. The largest absolute Gasteiger partial charge is 0.480 e. The van der Waals surface area contributed by atoms with Crippen molar-refractivity contribution < 1.29 is 39.6 Å². The summed E-state index contributed by atoms with van der Waals surface area (Å²) in [6.45, 7) is -2.39. The first-order chi connectivity index (χ1) is 13.1. The molecule has 1 heterocycles. The molecule has 0 bridgehead atoms. The van der Waals surface area contributed by atoms with E-state index in [9.17, 15) is 19.2 Å². The van der Waals surface area contributed by atoms with E-state index in [1.807, 2.05) is 0 Å². The van der Waals surface area contributed by atoms with Gasteiger partial charge in [-0.15, -0.1) is 6.42 Å². The fraction of sp³-hybridized carbons (Fsp3) is 0.353. The third kappa shape index (κ3) is 8.75. The molecule has 0 unspecified atom stereocenters. The van der Waals surface area contributed by atoms with Gasteiger partial charge in [-0.3, -0.25) is 34.0 Å². The summed E-state index contributed by atoms with van der Waals surface area (Å²) in [5.74, 6) is -2.50. The molecule has 4 N–H and O–H groups in total. The molecule has 0 aromatic carbocycles. The van der Waals surface area contributed by atoms with Gasteiger partial charge in [0.05, 0.1) is 37.6 Å². The van der Waals surface area contributed by atoms with E-state index in [0.717, 1.165) is 9.80 Å². The number of pyridine rings is 1. The topological polar surface area (TPSA) is 169 Å². The summed E-state index contributed by atoms with van der Waals surface area (Å²) in [6, 6.07) is 2.94. The third-order valence-corrected chi connectivity index (χ3v) is 3.30. The third-order valence-electron chi connectivity index (χ3n) is 3.30. The number of hydrogen-bond donors (Lipinski definition) is 4. The summed E-state index contributed by atoms with van der Waals surface area (Å²) < 4.78 is 0. The van der Waals surface area contributed by atoms with E-state index in [2.05, 4.69) is 10.9 Å². The molecule has 1 rings (SSSR count). The van der Waals surface area contributed by atoms with Gasteiger partial charge in [-0.05, 0) is 12.1 Å². The zero-order chi connectivity index (χ0) is 21.3. The lowest BCUT2D eigenvalue weighted by Gasteiger charge is -2.20. The van der Waals surface area contributed by atoms with E-state index >= 15 is 0 Å². The fourth-order valence-corrected chi connectivity index (χ4v) is 2.45. The molecular weight excluding hydrogens is 374 g/mol. The first kappa shape index (κ1) is 22.6. The first-order valence-corrected chi connectivity index (χ1v) is 7.87. The molecule has 0 fully saturated rings. The molecule has 0 aliphatic heterocycles. The highest BCUT2D eigenvalue weighted by Gasteiger charge is 2.18. The average Bonchev–Trinajstić information content (AvgIpc) is 2.51. The van der Waals surface area contributed by atoms with E-state index in [0.29, 0.717) is 5.56 Å². The van der Waals surface area contributed by atoms with Crippen LogP contribution < -0.4 is 0 Å². The molecule has 0 saturated heterocycles. The molecule has 0 atom stereocenters. The van der Waals surface area contributed by atoms with Crippen molar-refractivity contribution in [1.29, 1.82) is 0 Å². The number of hydrogen-bond acceptors (Lipinski definition) is 7. The van der Waals surface area contributed by atoms with Gasteiger partial charge in [0.25, 0.3) is 0 Å². The molecule has 1 aromatic heterocycles. The normalized spacial score (nSPS) is 10.6. The predicted octanol–water partition coefficient (Wildman–Crippen LogP) is -0.995. The minimum absolute atomic E-state index is 0.126. The number of aliphatic carboxylic acids is 4. The molecule has 0 radical (unpaired) electrons. The van der Waals surface area contributed by atoms with Crippen LogP contribution in [0.3, 0.4) is 0 Å². The van der Waals surface area contributed by atoms with Gasteiger partial charge in [0.1, 0.15) is 0 Å². The Kier molecular flexibility index (Phi) is 8.54. The highest BCUT2D eigenvalue weighted by molar-refractivity contribution is 5.73. The SMILES string of the molecule is C#Cc1cc(CN(CC(=O)O)CC(=O)O)nc(CN(CC(=O)O)CC(=O)O)c1. The number of terminal acetylenes is 1. The number of carboxylic acid groups (broad SMARTS) is 4. The fourth-order valence-electron chi connectivity index (χ4n) is 2.45. The molecule has 150 valence electrons. The summed E-state index contributed by atoms with van der Waals surface area (Å²) in [4.78, 5) is 50.2. The number of carbonyl (C=O) groups is 4. The Morgan fingerprint density at radius 2 is 1.11 bits per heavy atom. The Morgan fingerprint density at radius 1 is 0.786 bits per heavy atom. The first-order valence-electron chi connectivity index (χ1n) is 7.87. The highest BCUT2D eigenvalue weighted by Crippen LogP contribution is 2.11. The molecule has 1 aromatic rings. The number of rotatable bonds is 12. The van der Waals surface area contributed by atoms with Crippen molar-refractivity contribution in [3.63, 3.8) is 0 Å². The Hall–Kier alpha value is -3.49. The van der Waals surface area contributed by atoms with Gasteiger partial charge in [0, 0.05) is 18.7 Å². The van der Waals surface area contributed by atoms with Crippen LogP contribution in [0.1, 0.15) is 17.0 Å². The van der Waals surface area contributed by atoms with Crippen LogP contribution >= 0.6 is 0 Å². The van der Waals surface area contributed by atoms with Crippen LogP contribution in [0.15, 0.2) is 12.1 Å². The molecule has 0 aliphatic carbocycles. The van der Waals surface area contributed by atoms with E-state index in [-0.39, 0.29) is 24.5 Å². The minimum Gasteiger partial charge on any atom is -0.480 e. The molecule has 0 aliphatic rings. The van der Waals surface area contributed by atoms with Crippen molar-refractivity contribution in [3.8, 4) is 12.3 Å². The van der Waals surface area contributed by atoms with E-state index < -0.39 is 50.1 Å². The van der Waals surface area contributed by atoms with Gasteiger partial charge in [-0.1, -0.05) is 5.92 Å². The quantitative estimate of drug-likeness (QED) is 0.321.